The molecular formula is C22H15Cl2N3O3S2. The number of nitrogens with two attached hydrogens (primary N) is 1. The second-order valence-corrected chi connectivity index (χ2v) is 10.0. The summed E-state index contributed by atoms with van der Waals surface area (Å²) >= 11 is 13.7. The normalized spacial score (nSPS) is 16.8. The zero-order valence-corrected chi connectivity index (χ0v) is 19.4. The molecule has 2 N–H and O–H groups in total. The van der Waals surface area contributed by atoms with Crippen molar-refractivity contribution in [3.05, 3.63) is 93.3 Å². The average molecular weight is 504 g/mol. The molecule has 0 saturated carbocycles. The summed E-state index contributed by atoms with van der Waals surface area (Å²) in [7, 11) is -3.81. The molecule has 3 aromatic carbocycles. The number of amidine groups is 1. The van der Waals surface area contributed by atoms with E-state index in [0.717, 1.165) is 0 Å². The standard InChI is InChI=1S/C22H15Cl2N3O3S2/c23-18-7-4-8-19(24)17(18)13-20-21(28)27(15-5-2-1-3-6-15)22(31-20)26-14-9-11-16(12-10-14)32(25,29)30/h1-13H,(H2,25,29,30)/b20-13?,26-22-. The van der Waals surface area contributed by atoms with Crippen molar-refractivity contribution in [3.63, 3.8) is 0 Å². The summed E-state index contributed by atoms with van der Waals surface area (Å²) in [4.78, 5) is 19.7. The van der Waals surface area contributed by atoms with Crippen LogP contribution in [0.15, 0.2) is 87.6 Å². The number of anilines is 1. The minimum Gasteiger partial charge on any atom is -0.268 e. The quantitative estimate of drug-likeness (QED) is 0.479. The molecule has 1 amide bonds. The van der Waals surface area contributed by atoms with Crippen LogP contribution < -0.4 is 10.0 Å². The smallest absolute Gasteiger partial charge is 0.268 e. The maximum Gasteiger partial charge on any atom is 0.271 e. The maximum atomic E-state index is 13.3. The molecule has 1 aliphatic heterocycles. The molecule has 0 unspecified atom stereocenters. The number of hydrogen-bond acceptors (Lipinski definition) is 5. The molecule has 1 saturated heterocycles. The summed E-state index contributed by atoms with van der Waals surface area (Å²) < 4.78 is 23.0. The van der Waals surface area contributed by atoms with Gasteiger partial charge in [0.15, 0.2) is 5.17 Å². The van der Waals surface area contributed by atoms with Crippen molar-refractivity contribution in [2.24, 2.45) is 10.1 Å². The third-order valence-electron chi connectivity index (χ3n) is 4.49. The number of para-hydroxylation sites is 1. The number of amides is 1. The number of primary sulfonamides is 1. The van der Waals surface area contributed by atoms with Crippen molar-refractivity contribution >= 4 is 73.5 Å². The molecule has 0 aromatic heterocycles. The Morgan fingerprint density at radius 3 is 2.12 bits per heavy atom. The number of nitrogens with zero attached hydrogens (tertiary/aromatic N) is 2. The van der Waals surface area contributed by atoms with Gasteiger partial charge >= 0.3 is 0 Å². The number of carbonyl (C=O) groups excluding carboxylic acids is 1. The lowest BCUT2D eigenvalue weighted by atomic mass is 10.2. The van der Waals surface area contributed by atoms with Gasteiger partial charge in [0.25, 0.3) is 5.91 Å². The van der Waals surface area contributed by atoms with E-state index in [9.17, 15) is 13.2 Å². The summed E-state index contributed by atoms with van der Waals surface area (Å²) in [6.07, 6.45) is 1.64. The number of aliphatic imine (C=N–C) groups is 1. The first kappa shape index (κ1) is 22.6. The van der Waals surface area contributed by atoms with Crippen LogP contribution in [-0.2, 0) is 14.8 Å². The third-order valence-corrected chi connectivity index (χ3v) is 7.04. The molecule has 1 aliphatic rings. The van der Waals surface area contributed by atoms with Crippen molar-refractivity contribution in [2.75, 3.05) is 4.90 Å². The highest BCUT2D eigenvalue weighted by Crippen LogP contribution is 2.39. The first-order valence-electron chi connectivity index (χ1n) is 9.18. The van der Waals surface area contributed by atoms with Crippen molar-refractivity contribution in [3.8, 4) is 0 Å². The van der Waals surface area contributed by atoms with Crippen molar-refractivity contribution in [1.29, 1.82) is 0 Å². The summed E-state index contributed by atoms with van der Waals surface area (Å²) in [5.41, 5.74) is 1.64. The van der Waals surface area contributed by atoms with Gasteiger partial charge in [-0.05, 0) is 66.4 Å². The molecule has 4 rings (SSSR count). The van der Waals surface area contributed by atoms with E-state index in [-0.39, 0.29) is 10.8 Å². The SMILES string of the molecule is NS(=O)(=O)c1ccc(/N=C2\SC(=Cc3c(Cl)cccc3Cl)C(=O)N2c2ccccc2)cc1. The Bertz CT molecular complexity index is 1340. The van der Waals surface area contributed by atoms with Crippen LogP contribution in [0.3, 0.4) is 0 Å². The molecule has 0 radical (unpaired) electrons. The van der Waals surface area contributed by atoms with Crippen LogP contribution in [0, 0.1) is 0 Å². The maximum absolute atomic E-state index is 13.3. The largest absolute Gasteiger partial charge is 0.271 e. The number of hydrogen-bond donors (Lipinski definition) is 1. The minimum absolute atomic E-state index is 0.0227. The highest BCUT2D eigenvalue weighted by molar-refractivity contribution is 8.19. The number of thioether (sulfide) groups is 1. The van der Waals surface area contributed by atoms with Gasteiger partial charge in [-0.1, -0.05) is 47.5 Å². The monoisotopic (exact) mass is 503 g/mol. The zero-order valence-electron chi connectivity index (χ0n) is 16.3. The lowest BCUT2D eigenvalue weighted by molar-refractivity contribution is -0.113. The molecule has 3 aromatic rings. The van der Waals surface area contributed by atoms with Gasteiger partial charge in [0.2, 0.25) is 10.0 Å². The van der Waals surface area contributed by atoms with Crippen molar-refractivity contribution in [1.82, 2.24) is 0 Å². The predicted molar refractivity (Wildman–Crippen MR) is 131 cm³/mol. The third kappa shape index (κ3) is 4.74. The van der Waals surface area contributed by atoms with Crippen LogP contribution in [0.5, 0.6) is 0 Å². The fraction of sp³-hybridized carbons (Fsp3) is 0. The van der Waals surface area contributed by atoms with E-state index in [4.69, 9.17) is 28.3 Å². The Kier molecular flexibility index (Phi) is 6.41. The van der Waals surface area contributed by atoms with Gasteiger partial charge < -0.3 is 0 Å². The molecule has 0 spiro atoms. The van der Waals surface area contributed by atoms with Crippen molar-refractivity contribution in [2.45, 2.75) is 4.90 Å². The number of sulfonamides is 1. The Labute approximate surface area is 199 Å². The molecule has 1 fully saturated rings. The van der Waals surface area contributed by atoms with Crippen LogP contribution in [0.4, 0.5) is 11.4 Å². The van der Waals surface area contributed by atoms with E-state index in [1.54, 1.807) is 36.4 Å². The summed E-state index contributed by atoms with van der Waals surface area (Å²) in [6.45, 7) is 0. The number of halogens is 2. The molecule has 1 heterocycles. The van der Waals surface area contributed by atoms with Gasteiger partial charge in [-0.25, -0.2) is 18.5 Å². The van der Waals surface area contributed by atoms with E-state index < -0.39 is 10.0 Å². The molecule has 32 heavy (non-hydrogen) atoms. The average Bonchev–Trinajstić information content (AvgIpc) is 3.06. The van der Waals surface area contributed by atoms with Gasteiger partial charge in [0, 0.05) is 15.6 Å². The molecular weight excluding hydrogens is 489 g/mol. The van der Waals surface area contributed by atoms with Crippen LogP contribution in [-0.4, -0.2) is 19.5 Å². The highest BCUT2D eigenvalue weighted by atomic mass is 35.5. The minimum atomic E-state index is -3.81. The topological polar surface area (TPSA) is 92.8 Å². The fourth-order valence-electron chi connectivity index (χ4n) is 2.95. The predicted octanol–water partition coefficient (Wildman–Crippen LogP) is 5.45. The molecule has 0 bridgehead atoms. The summed E-state index contributed by atoms with van der Waals surface area (Å²) in [5.74, 6) is -0.280. The number of rotatable bonds is 4. The second kappa shape index (κ2) is 9.09. The van der Waals surface area contributed by atoms with Crippen LogP contribution in [0.2, 0.25) is 10.0 Å². The first-order valence-corrected chi connectivity index (χ1v) is 12.3. The van der Waals surface area contributed by atoms with E-state index in [0.29, 0.717) is 37.1 Å². The van der Waals surface area contributed by atoms with E-state index in [1.165, 1.54) is 40.9 Å². The number of benzene rings is 3. The Hall–Kier alpha value is -2.62. The Morgan fingerprint density at radius 1 is 0.906 bits per heavy atom. The second-order valence-electron chi connectivity index (χ2n) is 6.66. The van der Waals surface area contributed by atoms with Crippen LogP contribution >= 0.6 is 35.0 Å². The molecule has 6 nitrogen and oxygen atoms in total. The van der Waals surface area contributed by atoms with Gasteiger partial charge in [0.1, 0.15) is 0 Å². The lowest BCUT2D eigenvalue weighted by Gasteiger charge is -2.15. The molecule has 0 aliphatic carbocycles. The Balaban J connectivity index is 1.78. The summed E-state index contributed by atoms with van der Waals surface area (Å²) in [6, 6.07) is 20.0. The van der Waals surface area contributed by atoms with Gasteiger partial charge in [0.05, 0.1) is 21.2 Å². The van der Waals surface area contributed by atoms with Crippen LogP contribution in [0.25, 0.3) is 6.08 Å². The van der Waals surface area contributed by atoms with E-state index in [2.05, 4.69) is 4.99 Å². The zero-order chi connectivity index (χ0) is 22.9. The van der Waals surface area contributed by atoms with E-state index >= 15 is 0 Å². The first-order chi connectivity index (χ1) is 15.2. The van der Waals surface area contributed by atoms with Crippen molar-refractivity contribution < 1.29 is 13.2 Å². The molecule has 162 valence electrons. The molecule has 10 heteroatoms. The Morgan fingerprint density at radius 2 is 1.53 bits per heavy atom. The lowest BCUT2D eigenvalue weighted by Crippen LogP contribution is -2.28. The van der Waals surface area contributed by atoms with Gasteiger partial charge in [-0.2, -0.15) is 0 Å². The van der Waals surface area contributed by atoms with Gasteiger partial charge in [-0.3, -0.25) is 9.69 Å². The summed E-state index contributed by atoms with van der Waals surface area (Å²) in [5, 5.41) is 6.40. The highest BCUT2D eigenvalue weighted by Gasteiger charge is 2.35. The van der Waals surface area contributed by atoms with Crippen LogP contribution in [0.1, 0.15) is 5.56 Å². The fourth-order valence-corrected chi connectivity index (χ4v) is 4.96. The number of carbonyl (C=O) groups is 1. The van der Waals surface area contributed by atoms with E-state index in [1.807, 2.05) is 18.2 Å². The van der Waals surface area contributed by atoms with Gasteiger partial charge in [-0.15, -0.1) is 0 Å². The molecule has 0 atom stereocenters.